The maximum atomic E-state index is 12.3. The van der Waals surface area contributed by atoms with Gasteiger partial charge in [0.1, 0.15) is 0 Å². The predicted molar refractivity (Wildman–Crippen MR) is 71.8 cm³/mol. The molecule has 0 aliphatic carbocycles. The number of hydrogen-bond donors (Lipinski definition) is 0. The van der Waals surface area contributed by atoms with Crippen molar-refractivity contribution in [1.82, 2.24) is 4.90 Å². The molecule has 0 heterocycles. The van der Waals surface area contributed by atoms with Gasteiger partial charge >= 0.3 is 0 Å². The van der Waals surface area contributed by atoms with Crippen LogP contribution in [0.4, 0.5) is 0 Å². The molecule has 0 unspecified atom stereocenters. The van der Waals surface area contributed by atoms with Crippen molar-refractivity contribution in [3.8, 4) is 0 Å². The SMILES string of the molecule is C=CCN(CC=C)C(=O)[C@@H](C)c1ccccc1. The van der Waals surface area contributed by atoms with E-state index in [-0.39, 0.29) is 11.8 Å². The first kappa shape index (κ1) is 13.2. The molecule has 0 bridgehead atoms. The normalized spacial score (nSPS) is 11.6. The first-order valence-corrected chi connectivity index (χ1v) is 5.76. The van der Waals surface area contributed by atoms with E-state index < -0.39 is 0 Å². The third-order valence-corrected chi connectivity index (χ3v) is 2.68. The molecule has 0 spiro atoms. The highest BCUT2D eigenvalue weighted by Crippen LogP contribution is 2.17. The fourth-order valence-corrected chi connectivity index (χ4v) is 1.72. The van der Waals surface area contributed by atoms with Crippen LogP contribution in [0.15, 0.2) is 55.6 Å². The second kappa shape index (κ2) is 6.69. The van der Waals surface area contributed by atoms with Gasteiger partial charge in [0, 0.05) is 13.1 Å². The van der Waals surface area contributed by atoms with Crippen LogP contribution in [-0.4, -0.2) is 23.9 Å². The number of nitrogens with zero attached hydrogens (tertiary/aromatic N) is 1. The molecule has 0 fully saturated rings. The van der Waals surface area contributed by atoms with Gasteiger partial charge in [0.2, 0.25) is 5.91 Å². The Morgan fingerprint density at radius 1 is 1.24 bits per heavy atom. The number of carbonyl (C=O) groups excluding carboxylic acids is 1. The zero-order valence-corrected chi connectivity index (χ0v) is 10.3. The Morgan fingerprint density at radius 3 is 2.24 bits per heavy atom. The van der Waals surface area contributed by atoms with Crippen LogP contribution in [0.5, 0.6) is 0 Å². The van der Waals surface area contributed by atoms with Crippen molar-refractivity contribution >= 4 is 5.91 Å². The molecule has 90 valence electrons. The molecule has 0 saturated carbocycles. The zero-order chi connectivity index (χ0) is 12.7. The lowest BCUT2D eigenvalue weighted by molar-refractivity contribution is -0.131. The van der Waals surface area contributed by atoms with Gasteiger partial charge in [-0.1, -0.05) is 42.5 Å². The topological polar surface area (TPSA) is 20.3 Å². The van der Waals surface area contributed by atoms with Gasteiger partial charge in [-0.3, -0.25) is 4.79 Å². The second-order valence-electron chi connectivity index (χ2n) is 3.95. The third-order valence-electron chi connectivity index (χ3n) is 2.68. The summed E-state index contributed by atoms with van der Waals surface area (Å²) in [5, 5.41) is 0. The van der Waals surface area contributed by atoms with Gasteiger partial charge in [-0.25, -0.2) is 0 Å². The summed E-state index contributed by atoms with van der Waals surface area (Å²) in [5.74, 6) is -0.0212. The summed E-state index contributed by atoms with van der Waals surface area (Å²) in [7, 11) is 0. The third kappa shape index (κ3) is 3.59. The molecule has 0 saturated heterocycles. The van der Waals surface area contributed by atoms with Crippen LogP contribution in [0, 0.1) is 0 Å². The molecule has 1 amide bonds. The van der Waals surface area contributed by atoms with Crippen LogP contribution < -0.4 is 0 Å². The van der Waals surface area contributed by atoms with Crippen LogP contribution in [0.25, 0.3) is 0 Å². The number of benzene rings is 1. The van der Waals surface area contributed by atoms with Gasteiger partial charge in [-0.15, -0.1) is 13.2 Å². The highest BCUT2D eigenvalue weighted by atomic mass is 16.2. The Kier molecular flexibility index (Phi) is 5.21. The molecule has 0 N–H and O–H groups in total. The first-order chi connectivity index (χ1) is 8.20. The predicted octanol–water partition coefficient (Wildman–Crippen LogP) is 2.99. The average molecular weight is 229 g/mol. The fourth-order valence-electron chi connectivity index (χ4n) is 1.72. The van der Waals surface area contributed by atoms with E-state index in [1.807, 2.05) is 37.3 Å². The Hall–Kier alpha value is -1.83. The molecule has 0 aromatic heterocycles. The van der Waals surface area contributed by atoms with Crippen molar-refractivity contribution in [2.45, 2.75) is 12.8 Å². The quantitative estimate of drug-likeness (QED) is 0.687. The minimum atomic E-state index is -0.129. The van der Waals surface area contributed by atoms with Gasteiger partial charge in [0.05, 0.1) is 5.92 Å². The van der Waals surface area contributed by atoms with Crippen LogP contribution in [0.3, 0.4) is 0 Å². The van der Waals surface area contributed by atoms with Gasteiger partial charge < -0.3 is 4.90 Å². The summed E-state index contributed by atoms with van der Waals surface area (Å²) >= 11 is 0. The van der Waals surface area contributed by atoms with Crippen molar-refractivity contribution in [2.75, 3.05) is 13.1 Å². The molecule has 0 aliphatic heterocycles. The number of carbonyl (C=O) groups is 1. The van der Waals surface area contributed by atoms with E-state index in [1.165, 1.54) is 0 Å². The van der Waals surface area contributed by atoms with Crippen molar-refractivity contribution in [2.24, 2.45) is 0 Å². The van der Waals surface area contributed by atoms with Crippen LogP contribution >= 0.6 is 0 Å². The second-order valence-corrected chi connectivity index (χ2v) is 3.95. The van der Waals surface area contributed by atoms with Crippen LogP contribution in [0.2, 0.25) is 0 Å². The summed E-state index contributed by atoms with van der Waals surface area (Å²) in [6, 6.07) is 9.80. The first-order valence-electron chi connectivity index (χ1n) is 5.76. The summed E-state index contributed by atoms with van der Waals surface area (Å²) in [6.07, 6.45) is 3.47. The van der Waals surface area contributed by atoms with Gasteiger partial charge in [-0.05, 0) is 12.5 Å². The monoisotopic (exact) mass is 229 g/mol. The molecule has 0 radical (unpaired) electrons. The molecule has 17 heavy (non-hydrogen) atoms. The minimum Gasteiger partial charge on any atom is -0.335 e. The van der Waals surface area contributed by atoms with E-state index in [0.717, 1.165) is 5.56 Å². The highest BCUT2D eigenvalue weighted by molar-refractivity contribution is 5.83. The Bertz CT molecular complexity index is 373. The summed E-state index contributed by atoms with van der Waals surface area (Å²) < 4.78 is 0. The molecule has 1 aromatic carbocycles. The van der Waals surface area contributed by atoms with E-state index in [2.05, 4.69) is 13.2 Å². The number of hydrogen-bond acceptors (Lipinski definition) is 1. The number of amides is 1. The lowest BCUT2D eigenvalue weighted by atomic mass is 10.00. The van der Waals surface area contributed by atoms with Gasteiger partial charge in [0.25, 0.3) is 0 Å². The zero-order valence-electron chi connectivity index (χ0n) is 10.3. The molecule has 2 heteroatoms. The van der Waals surface area contributed by atoms with Crippen molar-refractivity contribution in [3.63, 3.8) is 0 Å². The summed E-state index contributed by atoms with van der Waals surface area (Å²) in [6.45, 7) is 10.4. The lowest BCUT2D eigenvalue weighted by Crippen LogP contribution is -2.34. The van der Waals surface area contributed by atoms with E-state index in [4.69, 9.17) is 0 Å². The molecular weight excluding hydrogens is 210 g/mol. The molecule has 0 aliphatic rings. The van der Waals surface area contributed by atoms with Gasteiger partial charge in [0.15, 0.2) is 0 Å². The molecular formula is C15H19NO. The maximum absolute atomic E-state index is 12.3. The molecule has 1 atom stereocenters. The number of rotatable bonds is 6. The van der Waals surface area contributed by atoms with E-state index in [1.54, 1.807) is 17.1 Å². The Balaban J connectivity index is 2.79. The molecule has 2 nitrogen and oxygen atoms in total. The summed E-state index contributed by atoms with van der Waals surface area (Å²) in [4.78, 5) is 14.0. The Morgan fingerprint density at radius 2 is 1.76 bits per heavy atom. The van der Waals surface area contributed by atoms with E-state index in [9.17, 15) is 4.79 Å². The van der Waals surface area contributed by atoms with Crippen molar-refractivity contribution < 1.29 is 4.79 Å². The fraction of sp³-hybridized carbons (Fsp3) is 0.267. The molecule has 1 rings (SSSR count). The lowest BCUT2D eigenvalue weighted by Gasteiger charge is -2.23. The Labute approximate surface area is 103 Å². The van der Waals surface area contributed by atoms with Crippen LogP contribution in [0.1, 0.15) is 18.4 Å². The highest BCUT2D eigenvalue weighted by Gasteiger charge is 2.19. The van der Waals surface area contributed by atoms with Crippen LogP contribution in [-0.2, 0) is 4.79 Å². The largest absolute Gasteiger partial charge is 0.335 e. The maximum Gasteiger partial charge on any atom is 0.230 e. The van der Waals surface area contributed by atoms with Crippen molar-refractivity contribution in [1.29, 1.82) is 0 Å². The van der Waals surface area contributed by atoms with Crippen molar-refractivity contribution in [3.05, 3.63) is 61.2 Å². The summed E-state index contributed by atoms with van der Waals surface area (Å²) in [5.41, 5.74) is 1.04. The molecule has 1 aromatic rings. The standard InChI is InChI=1S/C15H19NO/c1-4-11-16(12-5-2)15(17)13(3)14-9-7-6-8-10-14/h4-10,13H,1-2,11-12H2,3H3/t13-/m0/s1. The smallest absolute Gasteiger partial charge is 0.230 e. The minimum absolute atomic E-state index is 0.107. The van der Waals surface area contributed by atoms with E-state index in [0.29, 0.717) is 13.1 Å². The van der Waals surface area contributed by atoms with E-state index >= 15 is 0 Å². The van der Waals surface area contributed by atoms with Gasteiger partial charge in [-0.2, -0.15) is 0 Å². The average Bonchev–Trinajstić information content (AvgIpc) is 2.38.